The molecule has 110 valence electrons. The summed E-state index contributed by atoms with van der Waals surface area (Å²) < 4.78 is 12.8. The van der Waals surface area contributed by atoms with E-state index < -0.39 is 29.3 Å². The Morgan fingerprint density at radius 1 is 1.25 bits per heavy atom. The van der Waals surface area contributed by atoms with Crippen molar-refractivity contribution in [1.82, 2.24) is 5.32 Å². The number of benzene rings is 1. The van der Waals surface area contributed by atoms with Crippen LogP contribution < -0.4 is 10.2 Å². The molecule has 0 aliphatic heterocycles. The molecule has 0 heterocycles. The minimum atomic E-state index is -1.10. The van der Waals surface area contributed by atoms with Gasteiger partial charge in [-0.25, -0.2) is 14.0 Å². The highest BCUT2D eigenvalue weighted by Crippen LogP contribution is 2.20. The lowest BCUT2D eigenvalue weighted by molar-refractivity contribution is -0.141. The number of carboxylic acid groups (broad SMARTS) is 1. The summed E-state index contributed by atoms with van der Waals surface area (Å²) in [5.74, 6) is -1.50. The van der Waals surface area contributed by atoms with Crippen molar-refractivity contribution in [3.05, 3.63) is 30.1 Å². The van der Waals surface area contributed by atoms with E-state index in [9.17, 15) is 14.0 Å². The molecule has 20 heavy (non-hydrogen) atoms. The summed E-state index contributed by atoms with van der Waals surface area (Å²) in [6.45, 7) is 5.18. The van der Waals surface area contributed by atoms with E-state index in [0.717, 1.165) is 0 Å². The summed E-state index contributed by atoms with van der Waals surface area (Å²) in [6.07, 6.45) is 0. The topological polar surface area (TPSA) is 69.6 Å². The normalized spacial score (nSPS) is 12.7. The van der Waals surface area contributed by atoms with Crippen molar-refractivity contribution in [3.63, 3.8) is 0 Å². The van der Waals surface area contributed by atoms with Crippen LogP contribution in [0.1, 0.15) is 20.8 Å². The van der Waals surface area contributed by atoms with Gasteiger partial charge in [0, 0.05) is 12.7 Å². The Balaban J connectivity index is 2.84. The number of nitrogens with zero attached hydrogens (tertiary/aromatic N) is 1. The van der Waals surface area contributed by atoms with E-state index in [1.807, 2.05) is 0 Å². The molecule has 0 fully saturated rings. The number of carbonyl (C=O) groups excluding carboxylic acids is 1. The van der Waals surface area contributed by atoms with Crippen LogP contribution in [-0.2, 0) is 4.79 Å². The van der Waals surface area contributed by atoms with Crippen LogP contribution in [0.3, 0.4) is 0 Å². The zero-order valence-corrected chi connectivity index (χ0v) is 12.0. The molecule has 0 radical (unpaired) electrons. The van der Waals surface area contributed by atoms with Crippen molar-refractivity contribution < 1.29 is 19.1 Å². The van der Waals surface area contributed by atoms with E-state index in [-0.39, 0.29) is 0 Å². The predicted octanol–water partition coefficient (Wildman–Crippen LogP) is 2.47. The molecule has 0 saturated carbocycles. The molecule has 0 aliphatic carbocycles. The average molecular weight is 282 g/mol. The number of carboxylic acids is 1. The quantitative estimate of drug-likeness (QED) is 0.894. The van der Waals surface area contributed by atoms with Crippen LogP contribution in [0.25, 0.3) is 0 Å². The molecule has 6 heteroatoms. The fraction of sp³-hybridized carbons (Fsp3) is 0.429. The van der Waals surface area contributed by atoms with Crippen molar-refractivity contribution in [2.24, 2.45) is 5.41 Å². The van der Waals surface area contributed by atoms with Crippen LogP contribution >= 0.6 is 0 Å². The largest absolute Gasteiger partial charge is 0.480 e. The van der Waals surface area contributed by atoms with Gasteiger partial charge in [-0.1, -0.05) is 20.8 Å². The summed E-state index contributed by atoms with van der Waals surface area (Å²) in [4.78, 5) is 24.5. The number of amides is 2. The van der Waals surface area contributed by atoms with Crippen LogP contribution in [0.15, 0.2) is 24.3 Å². The van der Waals surface area contributed by atoms with E-state index in [2.05, 4.69) is 5.32 Å². The zero-order chi connectivity index (χ0) is 15.5. The van der Waals surface area contributed by atoms with Gasteiger partial charge >= 0.3 is 12.0 Å². The van der Waals surface area contributed by atoms with Gasteiger partial charge in [0.25, 0.3) is 0 Å². The van der Waals surface area contributed by atoms with Crippen LogP contribution in [0.4, 0.5) is 14.9 Å². The third-order valence-corrected chi connectivity index (χ3v) is 2.90. The van der Waals surface area contributed by atoms with Gasteiger partial charge in [-0.3, -0.25) is 4.90 Å². The number of hydrogen-bond acceptors (Lipinski definition) is 2. The van der Waals surface area contributed by atoms with E-state index in [4.69, 9.17) is 5.11 Å². The van der Waals surface area contributed by atoms with Crippen LogP contribution in [0.2, 0.25) is 0 Å². The molecule has 0 aliphatic rings. The van der Waals surface area contributed by atoms with Gasteiger partial charge in [-0.15, -0.1) is 0 Å². The molecule has 2 N–H and O–H groups in total. The molecule has 1 rings (SSSR count). The Morgan fingerprint density at radius 3 is 2.15 bits per heavy atom. The van der Waals surface area contributed by atoms with Crippen LogP contribution in [0, 0.1) is 11.2 Å². The number of anilines is 1. The predicted molar refractivity (Wildman–Crippen MR) is 74.2 cm³/mol. The van der Waals surface area contributed by atoms with Crippen molar-refractivity contribution in [1.29, 1.82) is 0 Å². The first kappa shape index (κ1) is 15.9. The monoisotopic (exact) mass is 282 g/mol. The smallest absolute Gasteiger partial charge is 0.326 e. The van der Waals surface area contributed by atoms with E-state index in [0.29, 0.717) is 5.69 Å². The molecular weight excluding hydrogens is 263 g/mol. The SMILES string of the molecule is CN(C(=O)N[C@H](C(=O)O)C(C)(C)C)c1ccc(F)cc1. The summed E-state index contributed by atoms with van der Waals surface area (Å²) in [6, 6.07) is 3.79. The van der Waals surface area contributed by atoms with Crippen molar-refractivity contribution >= 4 is 17.7 Å². The molecule has 1 atom stereocenters. The van der Waals surface area contributed by atoms with Gasteiger partial charge in [0.05, 0.1) is 0 Å². The molecule has 5 nitrogen and oxygen atoms in total. The highest BCUT2D eigenvalue weighted by Gasteiger charge is 2.33. The maximum Gasteiger partial charge on any atom is 0.326 e. The molecule has 0 aromatic heterocycles. The summed E-state index contributed by atoms with van der Waals surface area (Å²) in [5, 5.41) is 11.6. The minimum absolute atomic E-state index is 0.402. The first-order valence-electron chi connectivity index (χ1n) is 6.15. The number of aliphatic carboxylic acids is 1. The van der Waals surface area contributed by atoms with Gasteiger partial charge in [0.15, 0.2) is 0 Å². The molecule has 1 aromatic rings. The second kappa shape index (κ2) is 5.90. The Bertz CT molecular complexity index is 494. The van der Waals surface area contributed by atoms with Gasteiger partial charge in [-0.05, 0) is 29.7 Å². The Hall–Kier alpha value is -2.11. The number of hydrogen-bond donors (Lipinski definition) is 2. The van der Waals surface area contributed by atoms with Gasteiger partial charge < -0.3 is 10.4 Å². The third kappa shape index (κ3) is 3.94. The lowest BCUT2D eigenvalue weighted by atomic mass is 9.87. The Labute approximate surface area is 117 Å². The summed E-state index contributed by atoms with van der Waals surface area (Å²) >= 11 is 0. The molecule has 1 aromatic carbocycles. The van der Waals surface area contributed by atoms with Crippen molar-refractivity contribution in [2.75, 3.05) is 11.9 Å². The lowest BCUT2D eigenvalue weighted by Crippen LogP contribution is -2.52. The van der Waals surface area contributed by atoms with E-state index >= 15 is 0 Å². The second-order valence-corrected chi connectivity index (χ2v) is 5.62. The maximum absolute atomic E-state index is 12.8. The highest BCUT2D eigenvalue weighted by molar-refractivity contribution is 5.94. The number of nitrogens with one attached hydrogen (secondary N) is 1. The first-order chi connectivity index (χ1) is 9.12. The number of carbonyl (C=O) groups is 2. The highest BCUT2D eigenvalue weighted by atomic mass is 19.1. The molecular formula is C14H19FN2O3. The number of halogens is 1. The maximum atomic E-state index is 12.8. The molecule has 0 saturated heterocycles. The molecule has 2 amide bonds. The second-order valence-electron chi connectivity index (χ2n) is 5.62. The van der Waals surface area contributed by atoms with E-state index in [1.165, 1.54) is 36.2 Å². The molecule has 0 spiro atoms. The Kier molecular flexibility index (Phi) is 4.70. The standard InChI is InChI=1S/C14H19FN2O3/c1-14(2,3)11(12(18)19)16-13(20)17(4)10-7-5-9(15)6-8-10/h5-8,11H,1-4H3,(H,16,20)(H,18,19)/t11-/m1/s1. The van der Waals surface area contributed by atoms with Gasteiger partial charge in [-0.2, -0.15) is 0 Å². The lowest BCUT2D eigenvalue weighted by Gasteiger charge is -2.29. The van der Waals surface area contributed by atoms with Crippen molar-refractivity contribution in [2.45, 2.75) is 26.8 Å². The van der Waals surface area contributed by atoms with Gasteiger partial charge in [0.2, 0.25) is 0 Å². The summed E-state index contributed by atoms with van der Waals surface area (Å²) in [5.41, 5.74) is -0.146. The molecule has 0 unspecified atom stereocenters. The fourth-order valence-corrected chi connectivity index (χ4v) is 1.65. The minimum Gasteiger partial charge on any atom is -0.480 e. The van der Waals surface area contributed by atoms with Crippen molar-refractivity contribution in [3.8, 4) is 0 Å². The van der Waals surface area contributed by atoms with Gasteiger partial charge in [0.1, 0.15) is 11.9 Å². The molecule has 0 bridgehead atoms. The first-order valence-corrected chi connectivity index (χ1v) is 6.15. The zero-order valence-electron chi connectivity index (χ0n) is 12.0. The van der Waals surface area contributed by atoms with E-state index in [1.54, 1.807) is 20.8 Å². The van der Waals surface area contributed by atoms with Crippen LogP contribution in [0.5, 0.6) is 0 Å². The van der Waals surface area contributed by atoms with Crippen LogP contribution in [-0.4, -0.2) is 30.2 Å². The fourth-order valence-electron chi connectivity index (χ4n) is 1.65. The third-order valence-electron chi connectivity index (χ3n) is 2.90. The Morgan fingerprint density at radius 2 is 1.75 bits per heavy atom. The number of rotatable bonds is 3. The average Bonchev–Trinajstić information content (AvgIpc) is 2.33. The summed E-state index contributed by atoms with van der Waals surface area (Å²) in [7, 11) is 1.49. The number of urea groups is 1.